The van der Waals surface area contributed by atoms with Crippen molar-refractivity contribution in [2.24, 2.45) is 0 Å². The summed E-state index contributed by atoms with van der Waals surface area (Å²) >= 11 is 0. The Balaban J connectivity index is 2.12. The summed E-state index contributed by atoms with van der Waals surface area (Å²) in [4.78, 5) is 19.0. The lowest BCUT2D eigenvalue weighted by molar-refractivity contribution is 0.321. The van der Waals surface area contributed by atoms with E-state index in [0.717, 1.165) is 0 Å². The van der Waals surface area contributed by atoms with E-state index >= 15 is 0 Å². The molecule has 0 saturated heterocycles. The molecule has 2 aromatic carbocycles. The molecule has 0 fully saturated rings. The van der Waals surface area contributed by atoms with Crippen LogP contribution in [0.1, 0.15) is 6.92 Å². The summed E-state index contributed by atoms with van der Waals surface area (Å²) < 4.78 is 19.0. The molecule has 0 amide bonds. The van der Waals surface area contributed by atoms with E-state index < -0.39 is 5.82 Å². The number of rotatable bonds is 3. The number of hydrogen-bond donors (Lipinski definition) is 1. The zero-order valence-corrected chi connectivity index (χ0v) is 11.4. The minimum atomic E-state index is -0.481. The maximum absolute atomic E-state index is 13.9. The average Bonchev–Trinajstić information content (AvgIpc) is 2.49. The van der Waals surface area contributed by atoms with Gasteiger partial charge in [-0.05, 0) is 37.3 Å². The predicted molar refractivity (Wildman–Crippen MR) is 78.9 cm³/mol. The lowest BCUT2D eigenvalue weighted by atomic mass is 10.1. The van der Waals surface area contributed by atoms with Gasteiger partial charge in [0.25, 0.3) is 5.56 Å². The SMILES string of the molecule is CCOc1ccc(-c2nc3ccccc3c(=O)[nH]2)cc1F. The van der Waals surface area contributed by atoms with Gasteiger partial charge in [-0.1, -0.05) is 12.1 Å². The van der Waals surface area contributed by atoms with Crippen LogP contribution in [0, 0.1) is 5.82 Å². The summed E-state index contributed by atoms with van der Waals surface area (Å²) in [6.45, 7) is 2.18. The Labute approximate surface area is 120 Å². The Hall–Kier alpha value is -2.69. The Bertz CT molecular complexity index is 858. The molecule has 106 valence electrons. The van der Waals surface area contributed by atoms with Crippen LogP contribution in [0.5, 0.6) is 5.75 Å². The molecule has 0 bridgehead atoms. The number of nitrogens with one attached hydrogen (secondary N) is 1. The highest BCUT2D eigenvalue weighted by molar-refractivity contribution is 5.79. The zero-order valence-electron chi connectivity index (χ0n) is 11.4. The average molecular weight is 284 g/mol. The normalized spacial score (nSPS) is 10.8. The molecular weight excluding hydrogens is 271 g/mol. The predicted octanol–water partition coefficient (Wildman–Crippen LogP) is 3.13. The molecule has 21 heavy (non-hydrogen) atoms. The van der Waals surface area contributed by atoms with Gasteiger partial charge in [-0.25, -0.2) is 9.37 Å². The highest BCUT2D eigenvalue weighted by atomic mass is 19.1. The van der Waals surface area contributed by atoms with E-state index in [9.17, 15) is 9.18 Å². The second-order valence-corrected chi connectivity index (χ2v) is 4.51. The molecule has 3 aromatic rings. The number of hydrogen-bond acceptors (Lipinski definition) is 3. The third kappa shape index (κ3) is 2.50. The fourth-order valence-corrected chi connectivity index (χ4v) is 2.14. The molecule has 0 saturated carbocycles. The molecule has 0 radical (unpaired) electrons. The standard InChI is InChI=1S/C16H13FN2O2/c1-2-21-14-8-7-10(9-12(14)17)15-18-13-6-4-3-5-11(13)16(20)19-15/h3-9H,2H2,1H3,(H,18,19,20). The second-order valence-electron chi connectivity index (χ2n) is 4.51. The maximum Gasteiger partial charge on any atom is 0.259 e. The minimum Gasteiger partial charge on any atom is -0.491 e. The van der Waals surface area contributed by atoms with Gasteiger partial charge in [-0.15, -0.1) is 0 Å². The van der Waals surface area contributed by atoms with Crippen LogP contribution < -0.4 is 10.3 Å². The molecular formula is C16H13FN2O2. The third-order valence-corrected chi connectivity index (χ3v) is 3.12. The fraction of sp³-hybridized carbons (Fsp3) is 0.125. The molecule has 0 spiro atoms. The largest absolute Gasteiger partial charge is 0.491 e. The minimum absolute atomic E-state index is 0.185. The van der Waals surface area contributed by atoms with Crippen molar-refractivity contribution in [2.75, 3.05) is 6.61 Å². The fourth-order valence-electron chi connectivity index (χ4n) is 2.14. The van der Waals surface area contributed by atoms with Gasteiger partial charge in [0.2, 0.25) is 0 Å². The van der Waals surface area contributed by atoms with E-state index in [4.69, 9.17) is 4.74 Å². The number of aromatic nitrogens is 2. The topological polar surface area (TPSA) is 55.0 Å². The van der Waals surface area contributed by atoms with Crippen LogP contribution in [0.4, 0.5) is 4.39 Å². The summed E-state index contributed by atoms with van der Waals surface area (Å²) in [5, 5.41) is 0.507. The van der Waals surface area contributed by atoms with Gasteiger partial charge in [0.1, 0.15) is 5.82 Å². The zero-order chi connectivity index (χ0) is 14.8. The number of H-pyrrole nitrogens is 1. The highest BCUT2D eigenvalue weighted by Crippen LogP contribution is 2.23. The van der Waals surface area contributed by atoms with Crippen LogP contribution in [0.3, 0.4) is 0 Å². The van der Waals surface area contributed by atoms with Crippen molar-refractivity contribution in [1.82, 2.24) is 9.97 Å². The number of aromatic amines is 1. The van der Waals surface area contributed by atoms with Crippen LogP contribution in [0.15, 0.2) is 47.3 Å². The van der Waals surface area contributed by atoms with E-state index in [2.05, 4.69) is 9.97 Å². The van der Waals surface area contributed by atoms with Gasteiger partial charge in [-0.3, -0.25) is 4.79 Å². The Morgan fingerprint density at radius 3 is 2.81 bits per heavy atom. The Morgan fingerprint density at radius 1 is 1.24 bits per heavy atom. The first-order chi connectivity index (χ1) is 10.2. The maximum atomic E-state index is 13.9. The highest BCUT2D eigenvalue weighted by Gasteiger charge is 2.09. The molecule has 0 atom stereocenters. The summed E-state index contributed by atoms with van der Waals surface area (Å²) in [7, 11) is 0. The van der Waals surface area contributed by atoms with Crippen molar-refractivity contribution in [3.63, 3.8) is 0 Å². The van der Waals surface area contributed by atoms with Crippen molar-refractivity contribution in [1.29, 1.82) is 0 Å². The first kappa shape index (κ1) is 13.3. The van der Waals surface area contributed by atoms with E-state index in [-0.39, 0.29) is 11.3 Å². The van der Waals surface area contributed by atoms with Crippen LogP contribution in [0.25, 0.3) is 22.3 Å². The first-order valence-electron chi connectivity index (χ1n) is 6.61. The number of para-hydroxylation sites is 1. The molecule has 0 aliphatic heterocycles. The van der Waals surface area contributed by atoms with Crippen LogP contribution in [-0.2, 0) is 0 Å². The monoisotopic (exact) mass is 284 g/mol. The number of ether oxygens (including phenoxy) is 1. The van der Waals surface area contributed by atoms with Crippen molar-refractivity contribution < 1.29 is 9.13 Å². The van der Waals surface area contributed by atoms with Crippen molar-refractivity contribution in [3.8, 4) is 17.1 Å². The summed E-state index contributed by atoms with van der Waals surface area (Å²) in [6.07, 6.45) is 0. The second kappa shape index (κ2) is 5.36. The molecule has 1 heterocycles. The van der Waals surface area contributed by atoms with Gasteiger partial charge in [0, 0.05) is 5.56 Å². The van der Waals surface area contributed by atoms with E-state index in [1.807, 2.05) is 0 Å². The number of benzene rings is 2. The van der Waals surface area contributed by atoms with E-state index in [1.54, 1.807) is 37.3 Å². The van der Waals surface area contributed by atoms with Gasteiger partial charge >= 0.3 is 0 Å². The molecule has 0 aliphatic carbocycles. The molecule has 5 heteroatoms. The summed E-state index contributed by atoms with van der Waals surface area (Å²) in [6, 6.07) is 11.5. The Kier molecular flexibility index (Phi) is 3.39. The van der Waals surface area contributed by atoms with Crippen molar-refractivity contribution in [2.45, 2.75) is 6.92 Å². The molecule has 3 rings (SSSR count). The third-order valence-electron chi connectivity index (χ3n) is 3.12. The van der Waals surface area contributed by atoms with Gasteiger partial charge in [0.05, 0.1) is 17.5 Å². The van der Waals surface area contributed by atoms with Crippen molar-refractivity contribution in [3.05, 3.63) is 58.6 Å². The molecule has 0 unspecified atom stereocenters. The van der Waals surface area contributed by atoms with Gasteiger partial charge in [-0.2, -0.15) is 0 Å². The van der Waals surface area contributed by atoms with E-state index in [0.29, 0.717) is 28.9 Å². The first-order valence-corrected chi connectivity index (χ1v) is 6.61. The van der Waals surface area contributed by atoms with Crippen LogP contribution in [-0.4, -0.2) is 16.6 Å². The lowest BCUT2D eigenvalue weighted by Crippen LogP contribution is -2.09. The summed E-state index contributed by atoms with van der Waals surface area (Å²) in [5.74, 6) is 0.0372. The molecule has 1 aromatic heterocycles. The summed E-state index contributed by atoms with van der Waals surface area (Å²) in [5.41, 5.74) is 0.828. The number of nitrogens with zero attached hydrogens (tertiary/aromatic N) is 1. The van der Waals surface area contributed by atoms with Crippen LogP contribution in [0.2, 0.25) is 0 Å². The molecule has 1 N–H and O–H groups in total. The molecule has 0 aliphatic rings. The smallest absolute Gasteiger partial charge is 0.259 e. The van der Waals surface area contributed by atoms with Gasteiger partial charge in [0.15, 0.2) is 11.6 Å². The lowest BCUT2D eigenvalue weighted by Gasteiger charge is -2.07. The van der Waals surface area contributed by atoms with Crippen LogP contribution >= 0.6 is 0 Å². The van der Waals surface area contributed by atoms with E-state index in [1.165, 1.54) is 12.1 Å². The number of fused-ring (bicyclic) bond motifs is 1. The van der Waals surface area contributed by atoms with Crippen molar-refractivity contribution >= 4 is 10.9 Å². The quantitative estimate of drug-likeness (QED) is 0.804. The number of halogens is 1. The molecule has 4 nitrogen and oxygen atoms in total. The Morgan fingerprint density at radius 2 is 2.05 bits per heavy atom. The van der Waals surface area contributed by atoms with Gasteiger partial charge < -0.3 is 9.72 Å².